The molecule has 1 aromatic carbocycles. The average Bonchev–Trinajstić information content (AvgIpc) is 2.38. The third-order valence-corrected chi connectivity index (χ3v) is 3.40. The zero-order chi connectivity index (χ0) is 13.4. The van der Waals surface area contributed by atoms with Crippen LogP contribution in [-0.2, 0) is 0 Å². The largest absolute Gasteiger partial charge is 0.388 e. The zero-order valence-corrected chi connectivity index (χ0v) is 11.5. The molecule has 0 radical (unpaired) electrons. The van der Waals surface area contributed by atoms with E-state index in [1.807, 2.05) is 17.8 Å². The second kappa shape index (κ2) is 7.81. The molecular formula is C12H19N3O2S. The molecule has 0 amide bonds. The van der Waals surface area contributed by atoms with Gasteiger partial charge in [-0.05, 0) is 24.0 Å². The van der Waals surface area contributed by atoms with Gasteiger partial charge in [0.15, 0.2) is 0 Å². The van der Waals surface area contributed by atoms with Gasteiger partial charge in [0.2, 0.25) is 0 Å². The molecule has 1 rings (SSSR count). The number of thioether (sulfide) groups is 1. The predicted molar refractivity (Wildman–Crippen MR) is 78.7 cm³/mol. The third kappa shape index (κ3) is 4.83. The molecule has 0 saturated carbocycles. The number of nitro benzene ring substituents is 1. The number of benzene rings is 1. The Labute approximate surface area is 111 Å². The van der Waals surface area contributed by atoms with Crippen LogP contribution in [0.4, 0.5) is 17.1 Å². The number of hydrogen-bond donors (Lipinski definition) is 2. The number of rotatable bonds is 8. The molecule has 0 aliphatic rings. The lowest BCUT2D eigenvalue weighted by Gasteiger charge is -2.08. The summed E-state index contributed by atoms with van der Waals surface area (Å²) < 4.78 is 0. The van der Waals surface area contributed by atoms with Gasteiger partial charge in [-0.25, -0.2) is 0 Å². The molecule has 18 heavy (non-hydrogen) atoms. The van der Waals surface area contributed by atoms with Gasteiger partial charge in [-0.1, -0.05) is 6.92 Å². The van der Waals surface area contributed by atoms with Crippen molar-refractivity contribution in [2.24, 2.45) is 0 Å². The van der Waals surface area contributed by atoms with E-state index >= 15 is 0 Å². The van der Waals surface area contributed by atoms with Crippen molar-refractivity contribution >= 4 is 28.8 Å². The van der Waals surface area contributed by atoms with Gasteiger partial charge in [0.1, 0.15) is 0 Å². The van der Waals surface area contributed by atoms with Gasteiger partial charge in [0.25, 0.3) is 5.69 Å². The van der Waals surface area contributed by atoms with E-state index in [2.05, 4.69) is 17.6 Å². The highest BCUT2D eigenvalue weighted by Gasteiger charge is 2.08. The number of anilines is 2. The minimum atomic E-state index is -0.376. The van der Waals surface area contributed by atoms with Crippen LogP contribution >= 0.6 is 11.8 Å². The molecule has 2 N–H and O–H groups in total. The Morgan fingerprint density at radius 3 is 2.67 bits per heavy atom. The summed E-state index contributed by atoms with van der Waals surface area (Å²) in [4.78, 5) is 10.4. The smallest absolute Gasteiger partial charge is 0.273 e. The first-order chi connectivity index (χ1) is 8.67. The molecule has 100 valence electrons. The van der Waals surface area contributed by atoms with Crippen molar-refractivity contribution in [3.8, 4) is 0 Å². The van der Waals surface area contributed by atoms with Crippen molar-refractivity contribution in [3.63, 3.8) is 0 Å². The SMILES string of the molecule is CCSCCCNc1cc(NC)cc([N+](=O)[O-])c1. The van der Waals surface area contributed by atoms with Gasteiger partial charge in [0, 0.05) is 37.1 Å². The molecule has 0 spiro atoms. The molecule has 5 nitrogen and oxygen atoms in total. The van der Waals surface area contributed by atoms with Gasteiger partial charge in [-0.15, -0.1) is 0 Å². The second-order valence-corrected chi connectivity index (χ2v) is 5.15. The van der Waals surface area contributed by atoms with Gasteiger partial charge in [-0.2, -0.15) is 11.8 Å². The standard InChI is InChI=1S/C12H19N3O2S/c1-3-18-6-4-5-14-11-7-10(13-2)8-12(9-11)15(16)17/h7-9,13-14H,3-6H2,1-2H3. The highest BCUT2D eigenvalue weighted by Crippen LogP contribution is 2.24. The Bertz CT molecular complexity index is 399. The van der Waals surface area contributed by atoms with Crippen molar-refractivity contribution in [2.45, 2.75) is 13.3 Å². The van der Waals surface area contributed by atoms with Gasteiger partial charge < -0.3 is 10.6 Å². The number of hydrogen-bond acceptors (Lipinski definition) is 5. The quantitative estimate of drug-likeness (QED) is 0.431. The summed E-state index contributed by atoms with van der Waals surface area (Å²) in [5.41, 5.74) is 1.64. The lowest BCUT2D eigenvalue weighted by Crippen LogP contribution is -2.04. The van der Waals surface area contributed by atoms with E-state index in [4.69, 9.17) is 0 Å². The molecule has 0 atom stereocenters. The summed E-state index contributed by atoms with van der Waals surface area (Å²) in [6.45, 7) is 2.97. The number of nitrogens with one attached hydrogen (secondary N) is 2. The fourth-order valence-corrected chi connectivity index (χ4v) is 2.15. The van der Waals surface area contributed by atoms with Crippen LogP contribution in [0.2, 0.25) is 0 Å². The molecule has 0 bridgehead atoms. The fraction of sp³-hybridized carbons (Fsp3) is 0.500. The Morgan fingerprint density at radius 2 is 2.06 bits per heavy atom. The van der Waals surface area contributed by atoms with Crippen molar-refractivity contribution < 1.29 is 4.92 Å². The first-order valence-corrected chi connectivity index (χ1v) is 7.11. The summed E-state index contributed by atoms with van der Waals surface area (Å²) in [6.07, 6.45) is 1.05. The van der Waals surface area contributed by atoms with E-state index < -0.39 is 0 Å². The first kappa shape index (κ1) is 14.6. The van der Waals surface area contributed by atoms with E-state index in [1.165, 1.54) is 6.07 Å². The van der Waals surface area contributed by atoms with Crippen LogP contribution in [0.5, 0.6) is 0 Å². The Hall–Kier alpha value is -1.43. The first-order valence-electron chi connectivity index (χ1n) is 5.96. The van der Waals surface area contributed by atoms with Crippen LogP contribution in [0.3, 0.4) is 0 Å². The summed E-state index contributed by atoms with van der Waals surface area (Å²) in [5, 5.41) is 16.9. The molecule has 0 fully saturated rings. The van der Waals surface area contributed by atoms with E-state index in [-0.39, 0.29) is 10.6 Å². The van der Waals surface area contributed by atoms with Crippen molar-refractivity contribution in [2.75, 3.05) is 35.7 Å². The molecule has 0 unspecified atom stereocenters. The molecule has 0 saturated heterocycles. The highest BCUT2D eigenvalue weighted by atomic mass is 32.2. The van der Waals surface area contributed by atoms with Crippen LogP contribution < -0.4 is 10.6 Å². The fourth-order valence-electron chi connectivity index (χ4n) is 1.51. The maximum absolute atomic E-state index is 10.8. The van der Waals surface area contributed by atoms with E-state index in [1.54, 1.807) is 13.1 Å². The average molecular weight is 269 g/mol. The molecule has 6 heteroatoms. The van der Waals surface area contributed by atoms with Crippen LogP contribution in [0.15, 0.2) is 18.2 Å². The Kier molecular flexibility index (Phi) is 6.35. The maximum Gasteiger partial charge on any atom is 0.273 e. The van der Waals surface area contributed by atoms with Crippen molar-refractivity contribution in [3.05, 3.63) is 28.3 Å². The van der Waals surface area contributed by atoms with Crippen LogP contribution in [0.25, 0.3) is 0 Å². The van der Waals surface area contributed by atoms with Crippen molar-refractivity contribution in [1.29, 1.82) is 0 Å². The van der Waals surface area contributed by atoms with Crippen LogP contribution in [0, 0.1) is 10.1 Å². The third-order valence-electron chi connectivity index (χ3n) is 2.42. The minimum absolute atomic E-state index is 0.104. The summed E-state index contributed by atoms with van der Waals surface area (Å²) in [7, 11) is 1.75. The number of nitro groups is 1. The molecule has 0 heterocycles. The van der Waals surface area contributed by atoms with Crippen molar-refractivity contribution in [1.82, 2.24) is 0 Å². The summed E-state index contributed by atoms with van der Waals surface area (Å²) in [5.74, 6) is 2.23. The monoisotopic (exact) mass is 269 g/mol. The molecule has 1 aromatic rings. The van der Waals surface area contributed by atoms with Gasteiger partial charge >= 0.3 is 0 Å². The summed E-state index contributed by atoms with van der Waals surface area (Å²) in [6, 6.07) is 4.96. The molecule has 0 aliphatic carbocycles. The van der Waals surface area contributed by atoms with Gasteiger partial charge in [0.05, 0.1) is 4.92 Å². The van der Waals surface area contributed by atoms with Crippen LogP contribution in [0.1, 0.15) is 13.3 Å². The highest BCUT2D eigenvalue weighted by molar-refractivity contribution is 7.99. The Morgan fingerprint density at radius 1 is 1.33 bits per heavy atom. The summed E-state index contributed by atoms with van der Waals surface area (Å²) >= 11 is 1.90. The van der Waals surface area contributed by atoms with E-state index in [0.717, 1.165) is 35.8 Å². The van der Waals surface area contributed by atoms with Gasteiger partial charge in [-0.3, -0.25) is 10.1 Å². The lowest BCUT2D eigenvalue weighted by molar-refractivity contribution is -0.384. The maximum atomic E-state index is 10.8. The van der Waals surface area contributed by atoms with E-state index in [9.17, 15) is 10.1 Å². The minimum Gasteiger partial charge on any atom is -0.388 e. The second-order valence-electron chi connectivity index (χ2n) is 3.75. The Balaban J connectivity index is 2.58. The van der Waals surface area contributed by atoms with E-state index in [0.29, 0.717) is 0 Å². The molecular weight excluding hydrogens is 250 g/mol. The normalized spacial score (nSPS) is 10.1. The number of nitrogens with zero attached hydrogens (tertiary/aromatic N) is 1. The predicted octanol–water partition coefficient (Wildman–Crippen LogP) is 3.19. The molecule has 0 aliphatic heterocycles. The molecule has 0 aromatic heterocycles. The van der Waals surface area contributed by atoms with Crippen LogP contribution in [-0.4, -0.2) is 30.0 Å². The lowest BCUT2D eigenvalue weighted by atomic mass is 10.2. The zero-order valence-electron chi connectivity index (χ0n) is 10.7. The number of non-ortho nitro benzene ring substituents is 1. The topological polar surface area (TPSA) is 67.2 Å².